The molecular weight excluding hydrogens is 261 g/mol. The van der Waals surface area contributed by atoms with Gasteiger partial charge in [0.15, 0.2) is 6.61 Å². The fourth-order valence-electron chi connectivity index (χ4n) is 1.99. The Hall–Kier alpha value is -1.60. The predicted octanol–water partition coefficient (Wildman–Crippen LogP) is 1.48. The number of halogens is 3. The number of carbonyl (C=O) groups excluding carboxylic acids is 1. The third kappa shape index (κ3) is 3.68. The third-order valence-electron chi connectivity index (χ3n) is 2.82. The van der Waals surface area contributed by atoms with Crippen molar-refractivity contribution in [2.45, 2.75) is 18.6 Å². The van der Waals surface area contributed by atoms with Crippen molar-refractivity contribution in [1.29, 1.82) is 0 Å². The fourth-order valence-corrected chi connectivity index (χ4v) is 1.99. The Morgan fingerprint density at radius 3 is 2.89 bits per heavy atom. The third-order valence-corrected chi connectivity index (χ3v) is 2.82. The number of hydroxylamine groups is 1. The molecular formula is C12H13F3N2O2. The smallest absolute Gasteiger partial charge is 0.312 e. The Morgan fingerprint density at radius 2 is 2.16 bits per heavy atom. The van der Waals surface area contributed by atoms with Crippen molar-refractivity contribution >= 4 is 5.91 Å². The topological polar surface area (TPSA) is 50.4 Å². The van der Waals surface area contributed by atoms with Crippen LogP contribution in [0.5, 0.6) is 0 Å². The molecule has 2 N–H and O–H groups in total. The minimum absolute atomic E-state index is 0.373. The molecule has 1 amide bonds. The summed E-state index contributed by atoms with van der Waals surface area (Å²) in [7, 11) is 0. The normalized spacial score (nSPS) is 18.8. The highest BCUT2D eigenvalue weighted by Crippen LogP contribution is 2.24. The van der Waals surface area contributed by atoms with E-state index in [1.165, 1.54) is 0 Å². The van der Waals surface area contributed by atoms with E-state index in [2.05, 4.69) is 10.2 Å². The highest BCUT2D eigenvalue weighted by Gasteiger charge is 2.30. The molecule has 0 fully saturated rings. The van der Waals surface area contributed by atoms with Crippen molar-refractivity contribution in [2.75, 3.05) is 13.2 Å². The van der Waals surface area contributed by atoms with Crippen LogP contribution in [-0.2, 0) is 16.2 Å². The van der Waals surface area contributed by atoms with Crippen molar-refractivity contribution in [3.8, 4) is 0 Å². The number of amides is 1. The highest BCUT2D eigenvalue weighted by atomic mass is 19.4. The number of fused-ring (bicyclic) bond motifs is 1. The number of hydrogen-bond acceptors (Lipinski definition) is 3. The lowest BCUT2D eigenvalue weighted by atomic mass is 9.90. The molecule has 7 heteroatoms. The van der Waals surface area contributed by atoms with Crippen molar-refractivity contribution in [2.24, 2.45) is 0 Å². The summed E-state index contributed by atoms with van der Waals surface area (Å²) < 4.78 is 35.7. The first-order valence-corrected chi connectivity index (χ1v) is 5.74. The Bertz CT molecular complexity index is 463. The van der Waals surface area contributed by atoms with Gasteiger partial charge in [-0.1, -0.05) is 24.3 Å². The Labute approximate surface area is 107 Å². The summed E-state index contributed by atoms with van der Waals surface area (Å²) >= 11 is 0. The average molecular weight is 274 g/mol. The Morgan fingerprint density at radius 1 is 1.42 bits per heavy atom. The first-order valence-electron chi connectivity index (χ1n) is 5.74. The van der Waals surface area contributed by atoms with E-state index in [0.29, 0.717) is 13.1 Å². The van der Waals surface area contributed by atoms with Crippen LogP contribution in [0.4, 0.5) is 13.2 Å². The van der Waals surface area contributed by atoms with Gasteiger partial charge in [-0.25, -0.2) is 5.48 Å². The molecule has 1 aromatic carbocycles. The summed E-state index contributed by atoms with van der Waals surface area (Å²) in [5.74, 6) is -1.12. The van der Waals surface area contributed by atoms with Gasteiger partial charge in [0.1, 0.15) is 0 Å². The highest BCUT2D eigenvalue weighted by molar-refractivity contribution is 5.83. The first-order chi connectivity index (χ1) is 8.97. The molecule has 0 saturated carbocycles. The minimum Gasteiger partial charge on any atom is -0.312 e. The van der Waals surface area contributed by atoms with E-state index in [1.807, 2.05) is 17.6 Å². The van der Waals surface area contributed by atoms with Crippen molar-refractivity contribution in [3.63, 3.8) is 0 Å². The minimum atomic E-state index is -4.46. The summed E-state index contributed by atoms with van der Waals surface area (Å²) in [6, 6.07) is 7.31. The van der Waals surface area contributed by atoms with Gasteiger partial charge < -0.3 is 5.32 Å². The molecule has 0 aliphatic carbocycles. The standard InChI is InChI=1S/C12H13F3N2O2/c13-12(14,15)7-19-17-11(18)10-6-16-5-8-3-1-2-4-9(8)10/h1-4,10,16H,5-7H2,(H,17,18). The van der Waals surface area contributed by atoms with Crippen molar-refractivity contribution in [3.05, 3.63) is 35.4 Å². The lowest BCUT2D eigenvalue weighted by Crippen LogP contribution is -2.40. The SMILES string of the molecule is O=C(NOCC(F)(F)F)C1CNCc2ccccc21. The molecule has 1 heterocycles. The number of benzene rings is 1. The van der Waals surface area contributed by atoms with Gasteiger partial charge in [-0.15, -0.1) is 0 Å². The molecule has 0 spiro atoms. The largest absolute Gasteiger partial charge is 0.414 e. The molecule has 1 atom stereocenters. The van der Waals surface area contributed by atoms with Gasteiger partial charge in [-0.3, -0.25) is 9.63 Å². The van der Waals surface area contributed by atoms with E-state index in [4.69, 9.17) is 0 Å². The molecule has 104 valence electrons. The van der Waals surface area contributed by atoms with Gasteiger partial charge in [0, 0.05) is 13.1 Å². The van der Waals surface area contributed by atoms with Crippen molar-refractivity contribution < 1.29 is 22.8 Å². The molecule has 1 aliphatic heterocycles. The lowest BCUT2D eigenvalue weighted by molar-refractivity contribution is -0.192. The molecule has 4 nitrogen and oxygen atoms in total. The van der Waals surface area contributed by atoms with E-state index in [1.54, 1.807) is 12.1 Å². The second-order valence-electron chi connectivity index (χ2n) is 4.25. The maximum absolute atomic E-state index is 11.9. The number of carbonyl (C=O) groups is 1. The van der Waals surface area contributed by atoms with Gasteiger partial charge in [0.05, 0.1) is 5.92 Å². The number of rotatable bonds is 3. The van der Waals surface area contributed by atoms with Crippen LogP contribution in [0.1, 0.15) is 17.0 Å². The van der Waals surface area contributed by atoms with Crippen LogP contribution in [0, 0.1) is 0 Å². The van der Waals surface area contributed by atoms with Crippen molar-refractivity contribution in [1.82, 2.24) is 10.8 Å². The lowest BCUT2D eigenvalue weighted by Gasteiger charge is -2.25. The van der Waals surface area contributed by atoms with Crippen LogP contribution >= 0.6 is 0 Å². The van der Waals surface area contributed by atoms with E-state index >= 15 is 0 Å². The zero-order chi connectivity index (χ0) is 13.9. The number of nitrogens with one attached hydrogen (secondary N) is 2. The predicted molar refractivity (Wildman–Crippen MR) is 61.0 cm³/mol. The maximum Gasteiger partial charge on any atom is 0.414 e. The summed E-state index contributed by atoms with van der Waals surface area (Å²) in [5.41, 5.74) is 3.63. The summed E-state index contributed by atoms with van der Waals surface area (Å²) in [6.45, 7) is -0.484. The molecule has 1 aliphatic rings. The fraction of sp³-hybridized carbons (Fsp3) is 0.417. The van der Waals surface area contributed by atoms with E-state index in [0.717, 1.165) is 11.1 Å². The molecule has 0 bridgehead atoms. The molecule has 0 radical (unpaired) electrons. The van der Waals surface area contributed by atoms with Crippen LogP contribution in [0.25, 0.3) is 0 Å². The van der Waals surface area contributed by atoms with E-state index < -0.39 is 24.6 Å². The zero-order valence-corrected chi connectivity index (χ0v) is 9.96. The summed E-state index contributed by atoms with van der Waals surface area (Å²) in [5, 5.41) is 3.04. The maximum atomic E-state index is 11.9. The molecule has 0 saturated heterocycles. The second-order valence-corrected chi connectivity index (χ2v) is 4.25. The van der Waals surface area contributed by atoms with Crippen LogP contribution in [0.3, 0.4) is 0 Å². The molecule has 2 rings (SSSR count). The van der Waals surface area contributed by atoms with Gasteiger partial charge in [-0.2, -0.15) is 13.2 Å². The zero-order valence-electron chi connectivity index (χ0n) is 9.96. The van der Waals surface area contributed by atoms with Crippen LogP contribution in [0.15, 0.2) is 24.3 Å². The van der Waals surface area contributed by atoms with Gasteiger partial charge in [0.25, 0.3) is 5.91 Å². The molecule has 0 aromatic heterocycles. The molecule has 1 aromatic rings. The van der Waals surface area contributed by atoms with Gasteiger partial charge >= 0.3 is 6.18 Å². The van der Waals surface area contributed by atoms with Crippen LogP contribution in [-0.4, -0.2) is 25.2 Å². The number of alkyl halides is 3. The summed E-state index contributed by atoms with van der Waals surface area (Å²) in [4.78, 5) is 16.0. The summed E-state index contributed by atoms with van der Waals surface area (Å²) in [6.07, 6.45) is -4.46. The van der Waals surface area contributed by atoms with E-state index in [-0.39, 0.29) is 0 Å². The van der Waals surface area contributed by atoms with Crippen LogP contribution in [0.2, 0.25) is 0 Å². The quantitative estimate of drug-likeness (QED) is 0.821. The second kappa shape index (κ2) is 5.58. The van der Waals surface area contributed by atoms with E-state index in [9.17, 15) is 18.0 Å². The first kappa shape index (κ1) is 13.8. The molecule has 1 unspecified atom stereocenters. The van der Waals surface area contributed by atoms with Gasteiger partial charge in [0.2, 0.25) is 0 Å². The Kier molecular flexibility index (Phi) is 4.06. The number of hydrogen-bond donors (Lipinski definition) is 2. The average Bonchev–Trinajstić information content (AvgIpc) is 2.36. The Balaban J connectivity index is 1.97. The van der Waals surface area contributed by atoms with Gasteiger partial charge in [-0.05, 0) is 11.1 Å². The molecule has 19 heavy (non-hydrogen) atoms. The van der Waals surface area contributed by atoms with Crippen LogP contribution < -0.4 is 10.8 Å². The monoisotopic (exact) mass is 274 g/mol.